The van der Waals surface area contributed by atoms with Crippen LogP contribution in [0.15, 0.2) is 83.8 Å². The molecule has 1 heterocycles. The van der Waals surface area contributed by atoms with Gasteiger partial charge in [0.05, 0.1) is 11.3 Å². The van der Waals surface area contributed by atoms with Crippen molar-refractivity contribution in [3.8, 4) is 17.1 Å². The number of amides is 1. The van der Waals surface area contributed by atoms with Crippen molar-refractivity contribution in [2.24, 2.45) is 0 Å². The molecule has 4 rings (SSSR count). The van der Waals surface area contributed by atoms with E-state index in [4.69, 9.17) is 4.74 Å². The molecular formula is C25H19F3N4O3S. The van der Waals surface area contributed by atoms with Gasteiger partial charge in [0, 0.05) is 16.1 Å². The Balaban J connectivity index is 1.56. The highest BCUT2D eigenvalue weighted by Gasteiger charge is 2.31. The van der Waals surface area contributed by atoms with Gasteiger partial charge in [-0.05, 0) is 42.7 Å². The summed E-state index contributed by atoms with van der Waals surface area (Å²) in [4.78, 5) is 30.0. The highest BCUT2D eigenvalue weighted by molar-refractivity contribution is 7.98. The lowest BCUT2D eigenvalue weighted by Crippen LogP contribution is -2.21. The molecule has 7 nitrogen and oxygen atoms in total. The smallest absolute Gasteiger partial charge is 0.416 e. The minimum atomic E-state index is -4.56. The summed E-state index contributed by atoms with van der Waals surface area (Å²) in [5, 5.41) is 6.72. The zero-order valence-corrected chi connectivity index (χ0v) is 19.6. The van der Waals surface area contributed by atoms with Gasteiger partial charge in [0.25, 0.3) is 11.7 Å². The van der Waals surface area contributed by atoms with Crippen LogP contribution >= 0.6 is 11.8 Å². The van der Waals surface area contributed by atoms with Crippen molar-refractivity contribution in [2.75, 3.05) is 18.2 Å². The average Bonchev–Trinajstić information content (AvgIpc) is 3.33. The van der Waals surface area contributed by atoms with Crippen molar-refractivity contribution in [2.45, 2.75) is 11.1 Å². The quantitative estimate of drug-likeness (QED) is 0.261. The van der Waals surface area contributed by atoms with Crippen LogP contribution < -0.4 is 5.32 Å². The molecule has 0 atom stereocenters. The molecule has 1 aromatic heterocycles. The topological polar surface area (TPSA) is 86.1 Å². The lowest BCUT2D eigenvalue weighted by atomic mass is 10.2. The molecule has 0 aliphatic rings. The van der Waals surface area contributed by atoms with Crippen LogP contribution in [0.2, 0.25) is 0 Å². The molecule has 0 aliphatic carbocycles. The van der Waals surface area contributed by atoms with Crippen molar-refractivity contribution < 1.29 is 27.5 Å². The molecule has 0 saturated carbocycles. The van der Waals surface area contributed by atoms with Crippen LogP contribution in [0.25, 0.3) is 17.1 Å². The van der Waals surface area contributed by atoms with E-state index in [0.29, 0.717) is 11.3 Å². The number of rotatable bonds is 7. The third-order valence-electron chi connectivity index (χ3n) is 4.93. The molecule has 3 aromatic carbocycles. The molecule has 0 radical (unpaired) electrons. The number of halogens is 3. The van der Waals surface area contributed by atoms with Gasteiger partial charge in [-0.3, -0.25) is 4.79 Å². The molecule has 184 valence electrons. The molecular weight excluding hydrogens is 493 g/mol. The van der Waals surface area contributed by atoms with Gasteiger partial charge in [-0.1, -0.05) is 42.5 Å². The zero-order valence-electron chi connectivity index (χ0n) is 18.8. The first-order chi connectivity index (χ1) is 17.2. The van der Waals surface area contributed by atoms with Crippen molar-refractivity contribution in [1.82, 2.24) is 14.8 Å². The second-order valence-corrected chi connectivity index (χ2v) is 8.32. The van der Waals surface area contributed by atoms with Crippen LogP contribution in [0.3, 0.4) is 0 Å². The summed E-state index contributed by atoms with van der Waals surface area (Å²) in [6.07, 6.45) is -2.66. The number of carbonyl (C=O) groups excluding carboxylic acids is 2. The summed E-state index contributed by atoms with van der Waals surface area (Å²) in [6, 6.07) is 20.2. The van der Waals surface area contributed by atoms with E-state index < -0.39 is 36.0 Å². The van der Waals surface area contributed by atoms with Gasteiger partial charge >= 0.3 is 12.1 Å². The second-order valence-electron chi connectivity index (χ2n) is 7.44. The number of esters is 1. The first-order valence-electron chi connectivity index (χ1n) is 10.6. The molecule has 0 aliphatic heterocycles. The largest absolute Gasteiger partial charge is 0.450 e. The number of nitrogens with zero attached hydrogens (tertiary/aromatic N) is 3. The molecule has 0 saturated heterocycles. The molecule has 0 spiro atoms. The Hall–Kier alpha value is -4.12. The Morgan fingerprint density at radius 3 is 2.47 bits per heavy atom. The lowest BCUT2D eigenvalue weighted by molar-refractivity contribution is -0.137. The summed E-state index contributed by atoms with van der Waals surface area (Å²) in [7, 11) is 0. The van der Waals surface area contributed by atoms with Crippen LogP contribution in [-0.2, 0) is 15.7 Å². The molecule has 1 amide bonds. The second kappa shape index (κ2) is 10.6. The first-order valence-corrected chi connectivity index (χ1v) is 11.8. The number of anilines is 1. The van der Waals surface area contributed by atoms with Gasteiger partial charge < -0.3 is 10.1 Å². The number of hydrogen-bond donors (Lipinski definition) is 1. The fourth-order valence-electron chi connectivity index (χ4n) is 3.26. The summed E-state index contributed by atoms with van der Waals surface area (Å²) in [6.45, 7) is -0.596. The maximum Gasteiger partial charge on any atom is 0.416 e. The SMILES string of the molecule is CSc1cccc(NC(=O)COC(=O)c2nc(-c3ccccc3)n(-c3cccc(C(F)(F)F)c3)n2)c1. The van der Waals surface area contributed by atoms with E-state index >= 15 is 0 Å². The van der Waals surface area contributed by atoms with Crippen LogP contribution in [0.4, 0.5) is 18.9 Å². The van der Waals surface area contributed by atoms with E-state index in [0.717, 1.165) is 21.7 Å². The van der Waals surface area contributed by atoms with E-state index in [-0.39, 0.29) is 11.5 Å². The predicted octanol–water partition coefficient (Wildman–Crippen LogP) is 5.47. The number of thioether (sulfide) groups is 1. The zero-order chi connectivity index (χ0) is 25.7. The number of hydrogen-bond acceptors (Lipinski definition) is 6. The number of carbonyl (C=O) groups is 2. The van der Waals surface area contributed by atoms with Crippen molar-refractivity contribution in [3.63, 3.8) is 0 Å². The third-order valence-corrected chi connectivity index (χ3v) is 5.65. The molecule has 4 aromatic rings. The monoisotopic (exact) mass is 512 g/mol. The molecule has 0 unspecified atom stereocenters. The van der Waals surface area contributed by atoms with Gasteiger partial charge in [-0.25, -0.2) is 14.5 Å². The number of ether oxygens (including phenoxy) is 1. The third kappa shape index (κ3) is 5.92. The Morgan fingerprint density at radius 1 is 1.00 bits per heavy atom. The van der Waals surface area contributed by atoms with Gasteiger partial charge in [0.1, 0.15) is 0 Å². The summed E-state index contributed by atoms with van der Waals surface area (Å²) in [5.41, 5.74) is 0.247. The Bertz CT molecular complexity index is 1390. The Kier molecular flexibility index (Phi) is 7.39. The van der Waals surface area contributed by atoms with Gasteiger partial charge in [0.15, 0.2) is 12.4 Å². The summed E-state index contributed by atoms with van der Waals surface area (Å²) >= 11 is 1.51. The Labute approximate surface area is 208 Å². The van der Waals surface area contributed by atoms with Gasteiger partial charge in [-0.2, -0.15) is 13.2 Å². The van der Waals surface area contributed by atoms with E-state index in [1.165, 1.54) is 23.9 Å². The fourth-order valence-corrected chi connectivity index (χ4v) is 3.72. The molecule has 0 fully saturated rings. The number of alkyl halides is 3. The van der Waals surface area contributed by atoms with E-state index in [1.54, 1.807) is 48.5 Å². The predicted molar refractivity (Wildman–Crippen MR) is 129 cm³/mol. The number of benzene rings is 3. The summed E-state index contributed by atoms with van der Waals surface area (Å²) in [5.74, 6) is -1.82. The maximum atomic E-state index is 13.3. The lowest BCUT2D eigenvalue weighted by Gasteiger charge is -2.10. The van der Waals surface area contributed by atoms with Crippen LogP contribution in [-0.4, -0.2) is 39.5 Å². The van der Waals surface area contributed by atoms with Crippen molar-refractivity contribution in [1.29, 1.82) is 0 Å². The van der Waals surface area contributed by atoms with Crippen LogP contribution in [0.5, 0.6) is 0 Å². The minimum Gasteiger partial charge on any atom is -0.450 e. The molecule has 11 heteroatoms. The van der Waals surface area contributed by atoms with Gasteiger partial charge in [0.2, 0.25) is 0 Å². The maximum absolute atomic E-state index is 13.3. The molecule has 1 N–H and O–H groups in total. The van der Waals surface area contributed by atoms with Crippen LogP contribution in [0.1, 0.15) is 16.2 Å². The fraction of sp³-hybridized carbons (Fsp3) is 0.120. The van der Waals surface area contributed by atoms with Crippen LogP contribution in [0, 0.1) is 0 Å². The van der Waals surface area contributed by atoms with Gasteiger partial charge in [-0.15, -0.1) is 16.9 Å². The van der Waals surface area contributed by atoms with E-state index in [9.17, 15) is 22.8 Å². The number of aromatic nitrogens is 3. The van der Waals surface area contributed by atoms with E-state index in [1.807, 2.05) is 12.3 Å². The standard InChI is InChI=1S/C25H19F3N4O3S/c1-36-20-12-6-10-18(14-20)29-21(33)15-35-24(34)22-30-23(16-7-3-2-4-8-16)32(31-22)19-11-5-9-17(13-19)25(26,27)28/h2-14H,15H2,1H3,(H,29,33). The summed E-state index contributed by atoms with van der Waals surface area (Å²) < 4.78 is 46.0. The van der Waals surface area contributed by atoms with Crippen molar-refractivity contribution in [3.05, 3.63) is 90.3 Å². The molecule has 0 bridgehead atoms. The first kappa shape index (κ1) is 25.0. The van der Waals surface area contributed by atoms with Crippen molar-refractivity contribution >= 4 is 29.3 Å². The minimum absolute atomic E-state index is 0.0571. The normalized spacial score (nSPS) is 11.2. The van der Waals surface area contributed by atoms with E-state index in [2.05, 4.69) is 15.4 Å². The highest BCUT2D eigenvalue weighted by Crippen LogP contribution is 2.31. The highest BCUT2D eigenvalue weighted by atomic mass is 32.2. The average molecular weight is 513 g/mol. The molecule has 36 heavy (non-hydrogen) atoms. The Morgan fingerprint density at radius 2 is 1.75 bits per heavy atom. The number of nitrogens with one attached hydrogen (secondary N) is 1.